The molecule has 1 saturated heterocycles. The largest absolute Gasteiger partial charge is 0.481 e. The van der Waals surface area contributed by atoms with Gasteiger partial charge in [0, 0.05) is 19.1 Å². The molecule has 2 N–H and O–H groups in total. The van der Waals surface area contributed by atoms with Crippen molar-refractivity contribution < 1.29 is 18.3 Å². The molecule has 6 nitrogen and oxygen atoms in total. The summed E-state index contributed by atoms with van der Waals surface area (Å²) in [6.07, 6.45) is 0.660. The first kappa shape index (κ1) is 12.4. The Balaban J connectivity index is 2.84. The van der Waals surface area contributed by atoms with Crippen LogP contribution in [0.2, 0.25) is 0 Å². The van der Waals surface area contributed by atoms with Gasteiger partial charge in [0.2, 0.25) is 0 Å². The van der Waals surface area contributed by atoms with Crippen LogP contribution >= 0.6 is 0 Å². The van der Waals surface area contributed by atoms with Gasteiger partial charge in [-0.05, 0) is 13.3 Å². The van der Waals surface area contributed by atoms with Gasteiger partial charge in [-0.25, -0.2) is 4.72 Å². The minimum absolute atomic E-state index is 0.0232. The summed E-state index contributed by atoms with van der Waals surface area (Å²) >= 11 is 0. The summed E-state index contributed by atoms with van der Waals surface area (Å²) in [5.41, 5.74) is 0. The fraction of sp³-hybridized carbons (Fsp3) is 0.875. The van der Waals surface area contributed by atoms with Gasteiger partial charge in [0.15, 0.2) is 0 Å². The minimum Gasteiger partial charge on any atom is -0.481 e. The molecule has 0 saturated carbocycles. The lowest BCUT2D eigenvalue weighted by molar-refractivity contribution is -0.142. The summed E-state index contributed by atoms with van der Waals surface area (Å²) < 4.78 is 26.6. The zero-order valence-electron chi connectivity index (χ0n) is 8.80. The van der Waals surface area contributed by atoms with E-state index in [0.717, 1.165) is 0 Å². The molecule has 2 atom stereocenters. The molecule has 1 rings (SSSR count). The number of hydrogen-bond donors (Lipinski definition) is 2. The Morgan fingerprint density at radius 1 is 1.67 bits per heavy atom. The second-order valence-electron chi connectivity index (χ2n) is 3.72. The second-order valence-corrected chi connectivity index (χ2v) is 5.42. The Morgan fingerprint density at radius 3 is 2.73 bits per heavy atom. The minimum atomic E-state index is -3.48. The molecule has 1 fully saturated rings. The van der Waals surface area contributed by atoms with Crippen molar-refractivity contribution in [1.29, 1.82) is 0 Å². The lowest BCUT2D eigenvalue weighted by Gasteiger charge is -2.34. The fourth-order valence-corrected chi connectivity index (χ4v) is 3.03. The summed E-state index contributed by atoms with van der Waals surface area (Å²) in [7, 11) is -3.48. The first-order valence-electron chi connectivity index (χ1n) is 4.87. The van der Waals surface area contributed by atoms with E-state index >= 15 is 0 Å². The highest BCUT2D eigenvalue weighted by Gasteiger charge is 2.36. The van der Waals surface area contributed by atoms with Crippen molar-refractivity contribution in [3.63, 3.8) is 0 Å². The number of nitrogens with zero attached hydrogens (tertiary/aromatic N) is 1. The maximum atomic E-state index is 11.6. The summed E-state index contributed by atoms with van der Waals surface area (Å²) in [5.74, 6) is -1.63. The standard InChI is InChI=1S/C8H16N2O4S/c1-3-6(2)10-5-7(8(11)12)4-9-15(10,13)14/h6-7,9H,3-5H2,1-2H3,(H,11,12). The smallest absolute Gasteiger partial charge is 0.309 e. The molecule has 1 heterocycles. The van der Waals surface area contributed by atoms with Gasteiger partial charge >= 0.3 is 5.97 Å². The zero-order chi connectivity index (χ0) is 11.6. The van der Waals surface area contributed by atoms with Gasteiger partial charge in [0.05, 0.1) is 5.92 Å². The molecule has 1 aliphatic heterocycles. The maximum Gasteiger partial charge on any atom is 0.309 e. The lowest BCUT2D eigenvalue weighted by atomic mass is 10.1. The van der Waals surface area contributed by atoms with Crippen molar-refractivity contribution in [1.82, 2.24) is 9.03 Å². The summed E-state index contributed by atoms with van der Waals surface area (Å²) in [5, 5.41) is 8.82. The molecular weight excluding hydrogens is 220 g/mol. The summed E-state index contributed by atoms with van der Waals surface area (Å²) in [6.45, 7) is 3.66. The molecule has 1 aliphatic rings. The predicted octanol–water partition coefficient (Wildman–Crippen LogP) is -0.364. The van der Waals surface area contributed by atoms with Crippen LogP contribution in [0.25, 0.3) is 0 Å². The van der Waals surface area contributed by atoms with Crippen LogP contribution < -0.4 is 4.72 Å². The van der Waals surface area contributed by atoms with E-state index in [1.54, 1.807) is 6.92 Å². The third-order valence-corrected chi connectivity index (χ3v) is 4.31. The number of carboxylic acid groups (broad SMARTS) is 1. The average molecular weight is 236 g/mol. The van der Waals surface area contributed by atoms with Crippen molar-refractivity contribution in [3.8, 4) is 0 Å². The Bertz CT molecular complexity index is 341. The first-order valence-corrected chi connectivity index (χ1v) is 6.31. The second kappa shape index (κ2) is 4.46. The molecule has 0 aromatic carbocycles. The topological polar surface area (TPSA) is 86.7 Å². The lowest BCUT2D eigenvalue weighted by Crippen LogP contribution is -2.55. The fourth-order valence-electron chi connectivity index (χ4n) is 1.45. The molecule has 88 valence electrons. The van der Waals surface area contributed by atoms with E-state index in [1.165, 1.54) is 4.31 Å². The molecule has 0 radical (unpaired) electrons. The molecular formula is C8H16N2O4S. The van der Waals surface area contributed by atoms with Crippen LogP contribution in [-0.4, -0.2) is 42.9 Å². The van der Waals surface area contributed by atoms with E-state index < -0.39 is 22.1 Å². The number of hydrogen-bond acceptors (Lipinski definition) is 3. The normalized spacial score (nSPS) is 28.5. The van der Waals surface area contributed by atoms with E-state index in [4.69, 9.17) is 5.11 Å². The number of nitrogens with one attached hydrogen (secondary N) is 1. The number of carboxylic acids is 1. The van der Waals surface area contributed by atoms with E-state index in [0.29, 0.717) is 6.42 Å². The van der Waals surface area contributed by atoms with E-state index in [2.05, 4.69) is 4.72 Å². The van der Waals surface area contributed by atoms with Gasteiger partial charge in [0.1, 0.15) is 0 Å². The van der Waals surface area contributed by atoms with Gasteiger partial charge in [0.25, 0.3) is 10.2 Å². The van der Waals surface area contributed by atoms with Crippen molar-refractivity contribution >= 4 is 16.2 Å². The molecule has 15 heavy (non-hydrogen) atoms. The predicted molar refractivity (Wildman–Crippen MR) is 54.5 cm³/mol. The van der Waals surface area contributed by atoms with Crippen molar-refractivity contribution in [3.05, 3.63) is 0 Å². The van der Waals surface area contributed by atoms with Gasteiger partial charge in [-0.15, -0.1) is 0 Å². The summed E-state index contributed by atoms with van der Waals surface area (Å²) in [6, 6.07) is -0.176. The van der Waals surface area contributed by atoms with Crippen molar-refractivity contribution in [2.45, 2.75) is 26.3 Å². The van der Waals surface area contributed by atoms with Gasteiger partial charge in [-0.2, -0.15) is 12.7 Å². The van der Waals surface area contributed by atoms with Gasteiger partial charge < -0.3 is 5.11 Å². The number of rotatable bonds is 3. The Kier molecular flexibility index (Phi) is 3.69. The molecule has 0 aromatic rings. The molecule has 0 aromatic heterocycles. The number of carbonyl (C=O) groups is 1. The molecule has 2 unspecified atom stereocenters. The van der Waals surface area contributed by atoms with Crippen LogP contribution in [-0.2, 0) is 15.0 Å². The Labute approximate surface area is 89.4 Å². The highest BCUT2D eigenvalue weighted by molar-refractivity contribution is 7.87. The summed E-state index contributed by atoms with van der Waals surface area (Å²) in [4.78, 5) is 10.8. The van der Waals surface area contributed by atoms with E-state index in [1.807, 2.05) is 6.92 Å². The monoisotopic (exact) mass is 236 g/mol. The van der Waals surface area contributed by atoms with Gasteiger partial charge in [-0.3, -0.25) is 4.79 Å². The molecule has 0 bridgehead atoms. The van der Waals surface area contributed by atoms with Crippen molar-refractivity contribution in [2.24, 2.45) is 5.92 Å². The molecule has 0 spiro atoms. The maximum absolute atomic E-state index is 11.6. The van der Waals surface area contributed by atoms with Crippen LogP contribution in [0.1, 0.15) is 20.3 Å². The molecule has 0 aliphatic carbocycles. The van der Waals surface area contributed by atoms with Crippen LogP contribution in [0.4, 0.5) is 0 Å². The third kappa shape index (κ3) is 2.67. The molecule has 0 amide bonds. The van der Waals surface area contributed by atoms with Crippen LogP contribution in [0.3, 0.4) is 0 Å². The average Bonchev–Trinajstić information content (AvgIpc) is 2.15. The zero-order valence-corrected chi connectivity index (χ0v) is 9.62. The van der Waals surface area contributed by atoms with Crippen LogP contribution in [0.5, 0.6) is 0 Å². The number of aliphatic carboxylic acids is 1. The SMILES string of the molecule is CCC(C)N1CC(C(=O)O)CNS1(=O)=O. The van der Waals surface area contributed by atoms with Crippen molar-refractivity contribution in [2.75, 3.05) is 13.1 Å². The molecule has 7 heteroatoms. The van der Waals surface area contributed by atoms with Crippen LogP contribution in [0.15, 0.2) is 0 Å². The Hall–Kier alpha value is -0.660. The Morgan fingerprint density at radius 2 is 2.27 bits per heavy atom. The van der Waals surface area contributed by atoms with Gasteiger partial charge in [-0.1, -0.05) is 6.92 Å². The van der Waals surface area contributed by atoms with E-state index in [-0.39, 0.29) is 19.1 Å². The third-order valence-electron chi connectivity index (χ3n) is 2.65. The highest BCUT2D eigenvalue weighted by Crippen LogP contribution is 2.16. The van der Waals surface area contributed by atoms with E-state index in [9.17, 15) is 13.2 Å². The highest BCUT2D eigenvalue weighted by atomic mass is 32.2. The quantitative estimate of drug-likeness (QED) is 0.700. The first-order chi connectivity index (χ1) is 6.88. The van der Waals surface area contributed by atoms with Crippen LogP contribution in [0, 0.1) is 5.92 Å².